The quantitative estimate of drug-likeness (QED) is 0.804. The summed E-state index contributed by atoms with van der Waals surface area (Å²) in [7, 11) is -2.99. The Morgan fingerprint density at radius 3 is 2.94 bits per heavy atom. The fourth-order valence-electron chi connectivity index (χ4n) is 1.61. The average molecular weight is 265 g/mol. The minimum atomic E-state index is -2.99. The third kappa shape index (κ3) is 2.56. The normalized spacial score (nSPS) is 16.1. The first-order chi connectivity index (χ1) is 7.47. The molecule has 0 atom stereocenters. The number of fused-ring (bicyclic) bond motifs is 1. The minimum Gasteiger partial charge on any atom is -0.376 e. The van der Waals surface area contributed by atoms with E-state index in [0.717, 1.165) is 17.7 Å². The lowest BCUT2D eigenvalue weighted by Gasteiger charge is -2.09. The van der Waals surface area contributed by atoms with E-state index in [9.17, 15) is 8.42 Å². The maximum atomic E-state index is 11.1. The number of sulfone groups is 1. The molecule has 0 aliphatic carbocycles. The number of hydrogen-bond acceptors (Lipinski definition) is 4. The molecule has 1 aromatic heterocycles. The van der Waals surface area contributed by atoms with E-state index in [1.54, 1.807) is 4.68 Å². The average Bonchev–Trinajstić information content (AvgIpc) is 2.53. The maximum absolute atomic E-state index is 11.1. The molecule has 0 aromatic carbocycles. The molecule has 0 saturated heterocycles. The first-order valence-electron chi connectivity index (χ1n) is 4.97. The summed E-state index contributed by atoms with van der Waals surface area (Å²) in [5.41, 5.74) is 1.81. The predicted octanol–water partition coefficient (Wildman–Crippen LogP) is 0.654. The molecule has 1 aliphatic rings. The first-order valence-corrected chi connectivity index (χ1v) is 7.41. The van der Waals surface area contributed by atoms with Crippen molar-refractivity contribution in [2.24, 2.45) is 0 Å². The van der Waals surface area contributed by atoms with Gasteiger partial charge in [-0.05, 0) is 0 Å². The van der Waals surface area contributed by atoms with Gasteiger partial charge in [0.15, 0.2) is 0 Å². The fraction of sp³-hybridized carbons (Fsp3) is 0.667. The number of hydrogen-bond donors (Lipinski definition) is 0. The second-order valence-corrected chi connectivity index (χ2v) is 6.49. The molecule has 2 heterocycles. The Morgan fingerprint density at radius 1 is 1.56 bits per heavy atom. The van der Waals surface area contributed by atoms with Crippen LogP contribution in [0.5, 0.6) is 0 Å². The van der Waals surface area contributed by atoms with Crippen molar-refractivity contribution in [2.75, 3.05) is 18.6 Å². The molecular formula is C9H13ClN2O3S. The van der Waals surface area contributed by atoms with E-state index in [-0.39, 0.29) is 5.75 Å². The van der Waals surface area contributed by atoms with Crippen molar-refractivity contribution in [3.05, 3.63) is 16.4 Å². The Bertz CT molecular complexity index is 495. The molecule has 2 rings (SSSR count). The molecule has 0 spiro atoms. The van der Waals surface area contributed by atoms with Crippen LogP contribution in [0.4, 0.5) is 0 Å². The summed E-state index contributed by atoms with van der Waals surface area (Å²) < 4.78 is 28.9. The van der Waals surface area contributed by atoms with Gasteiger partial charge in [0.05, 0.1) is 31.2 Å². The van der Waals surface area contributed by atoms with Gasteiger partial charge in [-0.1, -0.05) is 11.6 Å². The van der Waals surface area contributed by atoms with Crippen molar-refractivity contribution >= 4 is 21.4 Å². The molecule has 0 unspecified atom stereocenters. The monoisotopic (exact) mass is 264 g/mol. The molecule has 0 bridgehead atoms. The van der Waals surface area contributed by atoms with Gasteiger partial charge in [-0.3, -0.25) is 4.68 Å². The highest BCUT2D eigenvalue weighted by Crippen LogP contribution is 2.24. The highest BCUT2D eigenvalue weighted by atomic mass is 35.5. The molecule has 1 aromatic rings. The Balaban J connectivity index is 2.19. The largest absolute Gasteiger partial charge is 0.376 e. The summed E-state index contributed by atoms with van der Waals surface area (Å²) in [6.45, 7) is 1.41. The SMILES string of the molecule is CS(=O)(=O)CCn1nc2c(c1Cl)COCC2. The van der Waals surface area contributed by atoms with E-state index in [1.165, 1.54) is 6.26 Å². The van der Waals surface area contributed by atoms with Crippen LogP contribution >= 0.6 is 11.6 Å². The van der Waals surface area contributed by atoms with Gasteiger partial charge in [0.1, 0.15) is 15.0 Å². The molecule has 7 heteroatoms. The van der Waals surface area contributed by atoms with Gasteiger partial charge in [0, 0.05) is 18.2 Å². The Morgan fingerprint density at radius 2 is 2.31 bits per heavy atom. The minimum absolute atomic E-state index is 0.0497. The van der Waals surface area contributed by atoms with Gasteiger partial charge in [0.2, 0.25) is 0 Å². The smallest absolute Gasteiger partial charge is 0.149 e. The van der Waals surface area contributed by atoms with Gasteiger partial charge >= 0.3 is 0 Å². The van der Waals surface area contributed by atoms with Crippen LogP contribution in [-0.2, 0) is 34.1 Å². The lowest BCUT2D eigenvalue weighted by Crippen LogP contribution is -2.12. The van der Waals surface area contributed by atoms with Gasteiger partial charge in [-0.15, -0.1) is 0 Å². The molecule has 0 saturated carbocycles. The molecule has 0 radical (unpaired) electrons. The molecule has 16 heavy (non-hydrogen) atoms. The van der Waals surface area contributed by atoms with Gasteiger partial charge in [0.25, 0.3) is 0 Å². The lowest BCUT2D eigenvalue weighted by molar-refractivity contribution is 0.110. The van der Waals surface area contributed by atoms with Crippen LogP contribution in [0.3, 0.4) is 0 Å². The van der Waals surface area contributed by atoms with Crippen LogP contribution in [0, 0.1) is 0 Å². The zero-order chi connectivity index (χ0) is 11.8. The predicted molar refractivity (Wildman–Crippen MR) is 60.3 cm³/mol. The van der Waals surface area contributed by atoms with Crippen molar-refractivity contribution < 1.29 is 13.2 Å². The number of aryl methyl sites for hydroxylation is 1. The number of aromatic nitrogens is 2. The van der Waals surface area contributed by atoms with Crippen molar-refractivity contribution in [3.8, 4) is 0 Å². The van der Waals surface area contributed by atoms with E-state index < -0.39 is 9.84 Å². The van der Waals surface area contributed by atoms with E-state index in [4.69, 9.17) is 16.3 Å². The number of rotatable bonds is 3. The third-order valence-electron chi connectivity index (χ3n) is 2.47. The first kappa shape index (κ1) is 11.9. The summed E-state index contributed by atoms with van der Waals surface area (Å²) in [4.78, 5) is 0. The van der Waals surface area contributed by atoms with Gasteiger partial charge in [-0.2, -0.15) is 5.10 Å². The Labute approximate surface area is 99.3 Å². The van der Waals surface area contributed by atoms with Crippen molar-refractivity contribution in [3.63, 3.8) is 0 Å². The number of nitrogens with zero attached hydrogens (tertiary/aromatic N) is 2. The fourth-order valence-corrected chi connectivity index (χ4v) is 2.40. The van der Waals surface area contributed by atoms with Crippen LogP contribution in [-0.4, -0.2) is 36.8 Å². The molecule has 90 valence electrons. The summed E-state index contributed by atoms with van der Waals surface area (Å²) in [5.74, 6) is 0.0497. The van der Waals surface area contributed by atoms with E-state index in [2.05, 4.69) is 5.10 Å². The van der Waals surface area contributed by atoms with Crippen molar-refractivity contribution in [2.45, 2.75) is 19.6 Å². The molecule has 0 amide bonds. The third-order valence-corrected chi connectivity index (χ3v) is 3.82. The molecule has 1 aliphatic heterocycles. The topological polar surface area (TPSA) is 61.2 Å². The highest BCUT2D eigenvalue weighted by molar-refractivity contribution is 7.90. The highest BCUT2D eigenvalue weighted by Gasteiger charge is 2.20. The summed E-state index contributed by atoms with van der Waals surface area (Å²) in [6, 6.07) is 0. The van der Waals surface area contributed by atoms with Crippen LogP contribution in [0.25, 0.3) is 0 Å². The van der Waals surface area contributed by atoms with Gasteiger partial charge < -0.3 is 4.74 Å². The van der Waals surface area contributed by atoms with Crippen molar-refractivity contribution in [1.29, 1.82) is 0 Å². The van der Waals surface area contributed by atoms with Crippen molar-refractivity contribution in [1.82, 2.24) is 9.78 Å². The summed E-state index contributed by atoms with van der Waals surface area (Å²) in [5, 5.41) is 4.79. The summed E-state index contributed by atoms with van der Waals surface area (Å²) in [6.07, 6.45) is 1.94. The van der Waals surface area contributed by atoms with Crippen LogP contribution < -0.4 is 0 Å². The van der Waals surface area contributed by atoms with E-state index >= 15 is 0 Å². The standard InChI is InChI=1S/C9H13ClN2O3S/c1-16(13,14)5-3-12-9(10)7-6-15-4-2-8(7)11-12/h2-6H2,1H3. The van der Waals surface area contributed by atoms with Crippen LogP contribution in [0.1, 0.15) is 11.3 Å². The second kappa shape index (κ2) is 4.35. The van der Waals surface area contributed by atoms with E-state index in [0.29, 0.717) is 24.9 Å². The van der Waals surface area contributed by atoms with E-state index in [1.807, 2.05) is 0 Å². The molecular weight excluding hydrogens is 252 g/mol. The maximum Gasteiger partial charge on any atom is 0.149 e. The Kier molecular flexibility index (Phi) is 3.23. The van der Waals surface area contributed by atoms with Gasteiger partial charge in [-0.25, -0.2) is 8.42 Å². The zero-order valence-electron chi connectivity index (χ0n) is 8.94. The van der Waals surface area contributed by atoms with Crippen LogP contribution in [0.15, 0.2) is 0 Å². The number of halogens is 1. The Hall–Kier alpha value is -0.590. The molecule has 5 nitrogen and oxygen atoms in total. The molecule has 0 fully saturated rings. The lowest BCUT2D eigenvalue weighted by atomic mass is 10.2. The number of ether oxygens (including phenoxy) is 1. The second-order valence-electron chi connectivity index (χ2n) is 3.87. The van der Waals surface area contributed by atoms with Crippen LogP contribution in [0.2, 0.25) is 5.15 Å². The molecule has 0 N–H and O–H groups in total. The summed E-state index contributed by atoms with van der Waals surface area (Å²) >= 11 is 6.10. The zero-order valence-corrected chi connectivity index (χ0v) is 10.5.